The summed E-state index contributed by atoms with van der Waals surface area (Å²) in [6, 6.07) is 0.706. The molecule has 4 aliphatic carbocycles. The van der Waals surface area contributed by atoms with E-state index in [-0.39, 0.29) is 16.7 Å². The lowest BCUT2D eigenvalue weighted by atomic mass is 9.56. The molecular formula is C24H37N5O2. The molecule has 2 aromatic heterocycles. The second-order valence-electron chi connectivity index (χ2n) is 10.4. The van der Waals surface area contributed by atoms with Crippen molar-refractivity contribution in [2.75, 3.05) is 0 Å². The van der Waals surface area contributed by atoms with E-state index in [9.17, 15) is 9.59 Å². The highest BCUT2D eigenvalue weighted by atomic mass is 16.2. The molecule has 31 heavy (non-hydrogen) atoms. The molecule has 2 bridgehead atoms. The highest BCUT2D eigenvalue weighted by Gasteiger charge is 2.51. The van der Waals surface area contributed by atoms with Crippen molar-refractivity contribution in [1.82, 2.24) is 24.4 Å². The van der Waals surface area contributed by atoms with Gasteiger partial charge in [-0.25, -0.2) is 9.78 Å². The van der Waals surface area contributed by atoms with Crippen LogP contribution in [-0.2, 0) is 18.5 Å². The number of imidazole rings is 1. The van der Waals surface area contributed by atoms with Crippen LogP contribution in [0, 0.1) is 0 Å². The summed E-state index contributed by atoms with van der Waals surface area (Å²) < 4.78 is 3.09. The largest absolute Gasteiger partial charge is 0.336 e. The minimum absolute atomic E-state index is 0.0211. The van der Waals surface area contributed by atoms with Crippen molar-refractivity contribution in [2.45, 2.75) is 121 Å². The average Bonchev–Trinajstić information content (AvgIpc) is 3.46. The maximum atomic E-state index is 13.1. The van der Waals surface area contributed by atoms with Gasteiger partial charge in [0, 0.05) is 30.1 Å². The van der Waals surface area contributed by atoms with E-state index in [1.165, 1.54) is 49.5 Å². The van der Waals surface area contributed by atoms with Gasteiger partial charge < -0.3 is 10.3 Å². The number of H-pyrrole nitrogens is 1. The van der Waals surface area contributed by atoms with Crippen molar-refractivity contribution in [3.8, 4) is 0 Å². The van der Waals surface area contributed by atoms with Crippen LogP contribution in [-0.4, -0.2) is 30.7 Å². The Bertz CT molecular complexity index is 1050. The van der Waals surface area contributed by atoms with E-state index < -0.39 is 0 Å². The van der Waals surface area contributed by atoms with Crippen LogP contribution in [0.1, 0.15) is 96.7 Å². The van der Waals surface area contributed by atoms with Crippen molar-refractivity contribution in [3.63, 3.8) is 0 Å². The van der Waals surface area contributed by atoms with Crippen molar-refractivity contribution >= 4 is 11.2 Å². The van der Waals surface area contributed by atoms with E-state index in [1.54, 1.807) is 4.57 Å². The molecule has 2 N–H and O–H groups in total. The summed E-state index contributed by atoms with van der Waals surface area (Å²) in [5.74, 6) is 0.937. The summed E-state index contributed by atoms with van der Waals surface area (Å²) in [7, 11) is 0. The third kappa shape index (κ3) is 3.40. The average molecular weight is 428 g/mol. The van der Waals surface area contributed by atoms with Gasteiger partial charge in [-0.2, -0.15) is 0 Å². The highest BCUT2D eigenvalue weighted by molar-refractivity contribution is 5.70. The van der Waals surface area contributed by atoms with Crippen LogP contribution in [0.15, 0.2) is 9.59 Å². The molecule has 2 heterocycles. The smallest absolute Gasteiger partial charge is 0.332 e. The molecule has 0 atom stereocenters. The number of rotatable bonds is 7. The molecule has 0 radical (unpaired) electrons. The molecule has 0 amide bonds. The monoisotopic (exact) mass is 427 g/mol. The first-order valence-corrected chi connectivity index (χ1v) is 12.5. The molecule has 0 aliphatic heterocycles. The number of fused-ring (bicyclic) bond motifs is 4. The summed E-state index contributed by atoms with van der Waals surface area (Å²) in [4.78, 5) is 34.5. The number of aromatic amines is 1. The molecule has 0 spiro atoms. The molecule has 0 aromatic carbocycles. The minimum atomic E-state index is -0.219. The fourth-order valence-corrected chi connectivity index (χ4v) is 6.52. The molecule has 7 nitrogen and oxygen atoms in total. The maximum Gasteiger partial charge on any atom is 0.332 e. The molecule has 0 unspecified atom stereocenters. The Morgan fingerprint density at radius 1 is 0.968 bits per heavy atom. The highest BCUT2D eigenvalue weighted by Crippen LogP contribution is 2.53. The van der Waals surface area contributed by atoms with E-state index in [0.717, 1.165) is 37.9 Å². The van der Waals surface area contributed by atoms with Gasteiger partial charge >= 0.3 is 5.69 Å². The number of hydrogen-bond acceptors (Lipinski definition) is 4. The predicted molar refractivity (Wildman–Crippen MR) is 123 cm³/mol. The van der Waals surface area contributed by atoms with Gasteiger partial charge in [0.2, 0.25) is 0 Å². The van der Waals surface area contributed by atoms with E-state index in [4.69, 9.17) is 4.98 Å². The molecule has 4 fully saturated rings. The fourth-order valence-electron chi connectivity index (χ4n) is 6.52. The zero-order chi connectivity index (χ0) is 21.6. The third-order valence-corrected chi connectivity index (χ3v) is 8.37. The van der Waals surface area contributed by atoms with Crippen LogP contribution in [0.3, 0.4) is 0 Å². The number of aromatic nitrogens is 4. The van der Waals surface area contributed by atoms with Crippen LogP contribution in [0.2, 0.25) is 0 Å². The van der Waals surface area contributed by atoms with Crippen LogP contribution in [0.5, 0.6) is 0 Å². The summed E-state index contributed by atoms with van der Waals surface area (Å²) in [6.45, 7) is 5.09. The Morgan fingerprint density at radius 3 is 2.19 bits per heavy atom. The normalized spacial score (nSPS) is 28.7. The van der Waals surface area contributed by atoms with E-state index in [1.807, 2.05) is 6.92 Å². The van der Waals surface area contributed by atoms with Gasteiger partial charge in [0.25, 0.3) is 5.56 Å². The van der Waals surface area contributed by atoms with Gasteiger partial charge in [0.05, 0.1) is 0 Å². The lowest BCUT2D eigenvalue weighted by Gasteiger charge is -2.54. The Labute approximate surface area is 183 Å². The minimum Gasteiger partial charge on any atom is -0.336 e. The van der Waals surface area contributed by atoms with E-state index in [2.05, 4.69) is 17.2 Å². The van der Waals surface area contributed by atoms with Crippen LogP contribution in [0.4, 0.5) is 0 Å². The predicted octanol–water partition coefficient (Wildman–Crippen LogP) is 3.58. The second kappa shape index (κ2) is 7.91. The lowest BCUT2D eigenvalue weighted by Crippen LogP contribution is -2.58. The van der Waals surface area contributed by atoms with E-state index >= 15 is 0 Å². The number of nitrogens with zero attached hydrogens (tertiary/aromatic N) is 3. The maximum absolute atomic E-state index is 13.1. The molecule has 4 aliphatic rings. The van der Waals surface area contributed by atoms with Gasteiger partial charge in [-0.1, -0.05) is 26.7 Å². The van der Waals surface area contributed by atoms with Gasteiger partial charge in [0.15, 0.2) is 5.65 Å². The SMILES string of the molecule is CCCn1c(=O)c2[nH]c(C34CCC(NC5CCCC5)(CC3)CC4)nc2n(CCC)c1=O. The fraction of sp³-hybridized carbons (Fsp3) is 0.792. The van der Waals surface area contributed by atoms with Crippen molar-refractivity contribution in [3.05, 3.63) is 26.7 Å². The Morgan fingerprint density at radius 2 is 1.58 bits per heavy atom. The molecular weight excluding hydrogens is 390 g/mol. The summed E-state index contributed by atoms with van der Waals surface area (Å²) >= 11 is 0. The summed E-state index contributed by atoms with van der Waals surface area (Å²) in [5.41, 5.74) is 0.961. The number of hydrogen-bond donors (Lipinski definition) is 2. The molecule has 4 saturated carbocycles. The zero-order valence-electron chi connectivity index (χ0n) is 19.1. The first kappa shape index (κ1) is 21.0. The Hall–Kier alpha value is -1.89. The van der Waals surface area contributed by atoms with Gasteiger partial charge in [-0.05, 0) is 64.2 Å². The van der Waals surface area contributed by atoms with Crippen molar-refractivity contribution in [1.29, 1.82) is 0 Å². The molecule has 7 heteroatoms. The Kier molecular flexibility index (Phi) is 5.35. The molecule has 2 aromatic rings. The zero-order valence-corrected chi connectivity index (χ0v) is 19.1. The van der Waals surface area contributed by atoms with Crippen LogP contribution in [0.25, 0.3) is 11.2 Å². The molecule has 6 rings (SSSR count). The standard InChI is InChI=1S/C24H37N5O2/c1-3-15-28-19-18(20(30)29(16-4-2)22(28)31)25-21(26-19)23-9-12-24(13-10-23,14-11-23)27-17-7-5-6-8-17/h17,27H,3-16H2,1-2H3,(H,25,26). The number of nitrogens with one attached hydrogen (secondary N) is 2. The quantitative estimate of drug-likeness (QED) is 0.707. The number of aryl methyl sites for hydroxylation is 1. The lowest BCUT2D eigenvalue weighted by molar-refractivity contribution is 0.0637. The summed E-state index contributed by atoms with van der Waals surface area (Å²) in [5, 5.41) is 4.05. The first-order chi connectivity index (χ1) is 15.0. The van der Waals surface area contributed by atoms with Crippen molar-refractivity contribution in [2.24, 2.45) is 0 Å². The van der Waals surface area contributed by atoms with Crippen LogP contribution < -0.4 is 16.6 Å². The van der Waals surface area contributed by atoms with Crippen molar-refractivity contribution < 1.29 is 0 Å². The van der Waals surface area contributed by atoms with Gasteiger partial charge in [0.1, 0.15) is 11.3 Å². The van der Waals surface area contributed by atoms with Gasteiger partial charge in [-0.3, -0.25) is 13.9 Å². The van der Waals surface area contributed by atoms with Gasteiger partial charge in [-0.15, -0.1) is 0 Å². The second-order valence-corrected chi connectivity index (χ2v) is 10.4. The molecule has 0 saturated heterocycles. The van der Waals surface area contributed by atoms with Crippen LogP contribution >= 0.6 is 0 Å². The topological polar surface area (TPSA) is 84.7 Å². The third-order valence-electron chi connectivity index (χ3n) is 8.37. The van der Waals surface area contributed by atoms with E-state index in [0.29, 0.717) is 35.8 Å². The first-order valence-electron chi connectivity index (χ1n) is 12.5. The molecule has 170 valence electrons. The Balaban J connectivity index is 1.49. The summed E-state index contributed by atoms with van der Waals surface area (Å²) in [6.07, 6.45) is 13.8.